The van der Waals surface area contributed by atoms with Crippen molar-refractivity contribution in [1.82, 2.24) is 10.4 Å². The third kappa shape index (κ3) is 3.34. The lowest BCUT2D eigenvalue weighted by Gasteiger charge is -2.14. The van der Waals surface area contributed by atoms with Gasteiger partial charge in [-0.1, -0.05) is 13.8 Å². The standard InChI is InChI=1S/C7H14N2O3/c1-5(2)6(10)8-7(11)9(3)12-4/h5H,1-4H3,(H,8,10,11). The summed E-state index contributed by atoms with van der Waals surface area (Å²) in [6, 6.07) is -0.559. The molecule has 0 aromatic carbocycles. The van der Waals surface area contributed by atoms with Gasteiger partial charge in [0.15, 0.2) is 0 Å². The monoisotopic (exact) mass is 174 g/mol. The minimum absolute atomic E-state index is 0.209. The van der Waals surface area contributed by atoms with Gasteiger partial charge in [-0.25, -0.2) is 9.86 Å². The maximum atomic E-state index is 11.0. The van der Waals surface area contributed by atoms with Crippen LogP contribution in [0.4, 0.5) is 4.79 Å². The van der Waals surface area contributed by atoms with Crippen LogP contribution in [0.5, 0.6) is 0 Å². The van der Waals surface area contributed by atoms with E-state index in [9.17, 15) is 9.59 Å². The predicted molar refractivity (Wildman–Crippen MR) is 43.1 cm³/mol. The number of rotatable bonds is 2. The van der Waals surface area contributed by atoms with Crippen LogP contribution in [0.25, 0.3) is 0 Å². The molecule has 5 heteroatoms. The quantitative estimate of drug-likeness (QED) is 0.615. The van der Waals surface area contributed by atoms with Crippen LogP contribution in [0.2, 0.25) is 0 Å². The minimum atomic E-state index is -0.559. The molecule has 0 heterocycles. The predicted octanol–water partition coefficient (Wildman–Crippen LogP) is 0.372. The Kier molecular flexibility index (Phi) is 4.28. The zero-order valence-electron chi connectivity index (χ0n) is 7.75. The summed E-state index contributed by atoms with van der Waals surface area (Å²) in [6.07, 6.45) is 0. The molecule has 12 heavy (non-hydrogen) atoms. The van der Waals surface area contributed by atoms with Crippen molar-refractivity contribution in [3.05, 3.63) is 0 Å². The van der Waals surface area contributed by atoms with Gasteiger partial charge in [0, 0.05) is 13.0 Å². The summed E-state index contributed by atoms with van der Waals surface area (Å²) in [5.41, 5.74) is 0. The van der Waals surface area contributed by atoms with Crippen molar-refractivity contribution in [2.24, 2.45) is 5.92 Å². The molecule has 0 aliphatic rings. The topological polar surface area (TPSA) is 58.6 Å². The molecule has 0 unspecified atom stereocenters. The maximum absolute atomic E-state index is 11.0. The molecule has 3 amide bonds. The molecule has 0 fully saturated rings. The fraction of sp³-hybridized carbons (Fsp3) is 0.714. The Morgan fingerprint density at radius 1 is 1.42 bits per heavy atom. The highest BCUT2D eigenvalue weighted by molar-refractivity contribution is 5.94. The number of urea groups is 1. The van der Waals surface area contributed by atoms with E-state index in [-0.39, 0.29) is 11.8 Å². The number of amides is 3. The number of hydrogen-bond acceptors (Lipinski definition) is 3. The van der Waals surface area contributed by atoms with Crippen LogP contribution >= 0.6 is 0 Å². The number of carbonyl (C=O) groups is 2. The summed E-state index contributed by atoms with van der Waals surface area (Å²) in [5, 5.41) is 3.10. The van der Waals surface area contributed by atoms with Gasteiger partial charge < -0.3 is 0 Å². The lowest BCUT2D eigenvalue weighted by molar-refractivity contribution is -0.124. The van der Waals surface area contributed by atoms with E-state index in [1.165, 1.54) is 14.2 Å². The van der Waals surface area contributed by atoms with E-state index >= 15 is 0 Å². The van der Waals surface area contributed by atoms with E-state index in [0.717, 1.165) is 5.06 Å². The van der Waals surface area contributed by atoms with E-state index in [0.29, 0.717) is 0 Å². The molecule has 0 atom stereocenters. The summed E-state index contributed by atoms with van der Waals surface area (Å²) in [7, 11) is 2.77. The SMILES string of the molecule is CON(C)C(=O)NC(=O)C(C)C. The Hall–Kier alpha value is -1.10. The van der Waals surface area contributed by atoms with Gasteiger partial charge in [0.2, 0.25) is 5.91 Å². The fourth-order valence-corrected chi connectivity index (χ4v) is 0.411. The molecule has 0 bridgehead atoms. The number of hydrogen-bond donors (Lipinski definition) is 1. The highest BCUT2D eigenvalue weighted by Gasteiger charge is 2.13. The first-order chi connectivity index (χ1) is 5.49. The normalized spacial score (nSPS) is 9.75. The summed E-state index contributed by atoms with van der Waals surface area (Å²) in [6.45, 7) is 3.41. The van der Waals surface area contributed by atoms with E-state index < -0.39 is 6.03 Å². The first-order valence-electron chi connectivity index (χ1n) is 3.61. The molecule has 0 radical (unpaired) electrons. The van der Waals surface area contributed by atoms with Crippen LogP contribution in [-0.2, 0) is 9.63 Å². The average Bonchev–Trinajstić information content (AvgIpc) is 2.02. The van der Waals surface area contributed by atoms with Crippen molar-refractivity contribution in [1.29, 1.82) is 0 Å². The number of hydroxylamine groups is 2. The van der Waals surface area contributed by atoms with Crippen LogP contribution in [0.15, 0.2) is 0 Å². The highest BCUT2D eigenvalue weighted by Crippen LogP contribution is 1.92. The van der Waals surface area contributed by atoms with Crippen molar-refractivity contribution in [3.63, 3.8) is 0 Å². The van der Waals surface area contributed by atoms with Gasteiger partial charge in [-0.3, -0.25) is 14.9 Å². The van der Waals surface area contributed by atoms with Gasteiger partial charge in [0.1, 0.15) is 0 Å². The number of carbonyl (C=O) groups excluding carboxylic acids is 2. The van der Waals surface area contributed by atoms with E-state index in [4.69, 9.17) is 0 Å². The second-order valence-electron chi connectivity index (χ2n) is 2.63. The van der Waals surface area contributed by atoms with Crippen LogP contribution < -0.4 is 5.32 Å². The van der Waals surface area contributed by atoms with Crippen molar-refractivity contribution in [3.8, 4) is 0 Å². The molecule has 0 aromatic heterocycles. The molecule has 1 N–H and O–H groups in total. The largest absolute Gasteiger partial charge is 0.347 e. The second kappa shape index (κ2) is 4.71. The van der Waals surface area contributed by atoms with E-state index in [2.05, 4.69) is 10.2 Å². The number of imide groups is 1. The van der Waals surface area contributed by atoms with Gasteiger partial charge in [-0.2, -0.15) is 0 Å². The van der Waals surface area contributed by atoms with Crippen molar-refractivity contribution >= 4 is 11.9 Å². The highest BCUT2D eigenvalue weighted by atomic mass is 16.7. The molecular formula is C7H14N2O3. The van der Waals surface area contributed by atoms with Gasteiger partial charge in [-0.05, 0) is 0 Å². The van der Waals surface area contributed by atoms with E-state index in [1.807, 2.05) is 0 Å². The Bertz CT molecular complexity index is 179. The van der Waals surface area contributed by atoms with Gasteiger partial charge in [-0.15, -0.1) is 0 Å². The molecule has 0 aromatic rings. The number of nitrogens with zero attached hydrogens (tertiary/aromatic N) is 1. The molecule has 70 valence electrons. The van der Waals surface area contributed by atoms with Crippen LogP contribution in [-0.4, -0.2) is 31.2 Å². The van der Waals surface area contributed by atoms with Crippen molar-refractivity contribution in [2.45, 2.75) is 13.8 Å². The summed E-state index contributed by atoms with van der Waals surface area (Å²) in [4.78, 5) is 26.5. The molecule has 0 saturated carbocycles. The summed E-state index contributed by atoms with van der Waals surface area (Å²) in [5.74, 6) is -0.525. The number of nitrogens with one attached hydrogen (secondary N) is 1. The van der Waals surface area contributed by atoms with Crippen molar-refractivity contribution < 1.29 is 14.4 Å². The third-order valence-corrected chi connectivity index (χ3v) is 1.31. The molecule has 0 rings (SSSR count). The van der Waals surface area contributed by atoms with E-state index in [1.54, 1.807) is 13.8 Å². The Morgan fingerprint density at radius 2 is 1.92 bits per heavy atom. The first kappa shape index (κ1) is 10.9. The van der Waals surface area contributed by atoms with Gasteiger partial charge in [0.05, 0.1) is 7.11 Å². The molecule has 0 spiro atoms. The average molecular weight is 174 g/mol. The third-order valence-electron chi connectivity index (χ3n) is 1.31. The summed E-state index contributed by atoms with van der Waals surface area (Å²) < 4.78 is 0. The minimum Gasteiger partial charge on any atom is -0.276 e. The first-order valence-corrected chi connectivity index (χ1v) is 3.61. The maximum Gasteiger partial charge on any atom is 0.347 e. The van der Waals surface area contributed by atoms with Crippen LogP contribution in [0, 0.1) is 5.92 Å². The van der Waals surface area contributed by atoms with Crippen molar-refractivity contribution in [2.75, 3.05) is 14.2 Å². The lowest BCUT2D eigenvalue weighted by atomic mass is 10.2. The molecular weight excluding hydrogens is 160 g/mol. The summed E-state index contributed by atoms with van der Waals surface area (Å²) >= 11 is 0. The molecule has 0 aliphatic heterocycles. The van der Waals surface area contributed by atoms with Crippen LogP contribution in [0.1, 0.15) is 13.8 Å². The fourth-order valence-electron chi connectivity index (χ4n) is 0.411. The van der Waals surface area contributed by atoms with Crippen LogP contribution in [0.3, 0.4) is 0 Å². The Morgan fingerprint density at radius 3 is 2.25 bits per heavy atom. The molecule has 0 saturated heterocycles. The Balaban J connectivity index is 3.93. The zero-order valence-corrected chi connectivity index (χ0v) is 7.75. The second-order valence-corrected chi connectivity index (χ2v) is 2.63. The Labute approximate surface area is 71.6 Å². The molecule has 5 nitrogen and oxygen atoms in total. The lowest BCUT2D eigenvalue weighted by Crippen LogP contribution is -2.41. The smallest absolute Gasteiger partial charge is 0.276 e. The van der Waals surface area contributed by atoms with Gasteiger partial charge >= 0.3 is 6.03 Å². The molecule has 0 aliphatic carbocycles. The van der Waals surface area contributed by atoms with Gasteiger partial charge in [0.25, 0.3) is 0 Å². The zero-order chi connectivity index (χ0) is 9.72.